The number of fused-ring (bicyclic) bond motifs is 2. The van der Waals surface area contributed by atoms with E-state index in [1.54, 1.807) is 30.3 Å². The Balaban J connectivity index is 0.000000198. The quantitative estimate of drug-likeness (QED) is 0.177. The van der Waals surface area contributed by atoms with Gasteiger partial charge in [-0.15, -0.1) is 0 Å². The Morgan fingerprint density at radius 2 is 1.13 bits per heavy atom. The first-order valence-corrected chi connectivity index (χ1v) is 16.0. The first-order chi connectivity index (χ1) is 25.2. The largest absolute Gasteiger partial charge is 0.480 e. The van der Waals surface area contributed by atoms with Crippen LogP contribution >= 0.6 is 0 Å². The first-order valence-electron chi connectivity index (χ1n) is 16.0. The highest BCUT2D eigenvalue weighted by Gasteiger charge is 2.17. The summed E-state index contributed by atoms with van der Waals surface area (Å²) in [5.74, 6) is -1.89. The molecule has 0 bridgehead atoms. The minimum atomic E-state index is -1.08. The van der Waals surface area contributed by atoms with Crippen molar-refractivity contribution in [2.75, 3.05) is 13.1 Å². The molecule has 4 heterocycles. The molecule has 0 unspecified atom stereocenters. The van der Waals surface area contributed by atoms with E-state index >= 15 is 0 Å². The molecule has 2 aromatic carbocycles. The van der Waals surface area contributed by atoms with Gasteiger partial charge in [0, 0.05) is 34.7 Å². The molecule has 19 heteroatoms. The maximum Gasteiger partial charge on any atom is 0.332 e. The number of carbonyl (C=O) groups excluding carboxylic acids is 1. The van der Waals surface area contributed by atoms with E-state index in [2.05, 4.69) is 15.3 Å². The second kappa shape index (κ2) is 17.1. The number of carboxylic acid groups (broad SMARTS) is 1. The summed E-state index contributed by atoms with van der Waals surface area (Å²) in [7, 11) is 5.69. The van der Waals surface area contributed by atoms with Crippen LogP contribution in [0.2, 0.25) is 0 Å². The third-order valence-corrected chi connectivity index (χ3v) is 8.10. The molecule has 280 valence electrons. The number of aromatic nitrogens is 8. The average molecular weight is 737 g/mol. The number of benzene rings is 2. The number of hydrogen-bond donors (Lipinski definition) is 3. The molecule has 0 spiro atoms. The Hall–Kier alpha value is -6.50. The number of aliphatic carboxylic acids is 1. The Morgan fingerprint density at radius 1 is 0.698 bits per heavy atom. The molecule has 6 aromatic rings. The lowest BCUT2D eigenvalue weighted by molar-refractivity contribution is -0.137. The fraction of sp³-hybridized carbons (Fsp3) is 0.294. The van der Waals surface area contributed by atoms with Crippen molar-refractivity contribution in [3.05, 3.63) is 126 Å². The van der Waals surface area contributed by atoms with Crippen LogP contribution in [0.25, 0.3) is 22.3 Å². The topological polar surface area (TPSA) is 216 Å². The number of amides is 1. The van der Waals surface area contributed by atoms with Gasteiger partial charge in [-0.25, -0.2) is 28.3 Å². The van der Waals surface area contributed by atoms with Crippen LogP contribution in [0.15, 0.2) is 80.4 Å². The van der Waals surface area contributed by atoms with Crippen molar-refractivity contribution < 1.29 is 23.5 Å². The van der Waals surface area contributed by atoms with Crippen LogP contribution in [0.1, 0.15) is 11.1 Å². The van der Waals surface area contributed by atoms with Gasteiger partial charge in [-0.3, -0.25) is 37.4 Å². The first kappa shape index (κ1) is 39.3. The summed E-state index contributed by atoms with van der Waals surface area (Å²) < 4.78 is 33.2. The van der Waals surface area contributed by atoms with Gasteiger partial charge in [0.25, 0.3) is 11.1 Å². The number of hydrogen-bond acceptors (Lipinski definition) is 9. The molecule has 4 N–H and O–H groups in total. The number of carboxylic acids is 1. The molecule has 0 atom stereocenters. The Morgan fingerprint density at radius 3 is 1.57 bits per heavy atom. The molecule has 53 heavy (non-hydrogen) atoms. The van der Waals surface area contributed by atoms with Crippen molar-refractivity contribution in [1.29, 1.82) is 0 Å². The van der Waals surface area contributed by atoms with Crippen LogP contribution in [0.5, 0.6) is 0 Å². The van der Waals surface area contributed by atoms with Crippen molar-refractivity contribution in [1.82, 2.24) is 42.7 Å². The molecule has 0 saturated heterocycles. The second-order valence-electron chi connectivity index (χ2n) is 11.7. The molecule has 0 radical (unpaired) electrons. The van der Waals surface area contributed by atoms with Crippen LogP contribution in [0.3, 0.4) is 0 Å². The van der Waals surface area contributed by atoms with Crippen molar-refractivity contribution in [3.63, 3.8) is 0 Å². The summed E-state index contributed by atoms with van der Waals surface area (Å²) in [4.78, 5) is 78.4. The minimum Gasteiger partial charge on any atom is -0.480 e. The van der Waals surface area contributed by atoms with Gasteiger partial charge in [-0.2, -0.15) is 0 Å². The van der Waals surface area contributed by atoms with Gasteiger partial charge in [0.05, 0.1) is 12.7 Å². The summed E-state index contributed by atoms with van der Waals surface area (Å²) >= 11 is 0. The van der Waals surface area contributed by atoms with Gasteiger partial charge >= 0.3 is 17.3 Å². The number of imidazole rings is 2. The lowest BCUT2D eigenvalue weighted by Crippen LogP contribution is -2.38. The number of carbonyl (C=O) groups is 2. The van der Waals surface area contributed by atoms with Gasteiger partial charge < -0.3 is 25.3 Å². The highest BCUT2D eigenvalue weighted by Crippen LogP contribution is 2.08. The number of nitrogens with two attached hydrogens (primary N) is 1. The Labute approximate surface area is 298 Å². The van der Waals surface area contributed by atoms with Crippen LogP contribution in [0.4, 0.5) is 8.78 Å². The number of aryl methyl sites for hydroxylation is 2. The maximum atomic E-state index is 13.6. The van der Waals surface area contributed by atoms with Gasteiger partial charge in [0.1, 0.15) is 24.7 Å². The van der Waals surface area contributed by atoms with E-state index in [1.807, 2.05) is 6.07 Å². The molecule has 0 aliphatic rings. The molecule has 17 nitrogen and oxygen atoms in total. The minimum absolute atomic E-state index is 0.108. The summed E-state index contributed by atoms with van der Waals surface area (Å²) in [6.07, 6.45) is 3.56. The van der Waals surface area contributed by atoms with Crippen LogP contribution in [0, 0.1) is 11.6 Å². The van der Waals surface area contributed by atoms with Gasteiger partial charge in [-0.05, 0) is 42.6 Å². The Kier molecular flexibility index (Phi) is 12.7. The molecule has 1 amide bonds. The zero-order chi connectivity index (χ0) is 39.0. The zero-order valence-corrected chi connectivity index (χ0v) is 29.3. The van der Waals surface area contributed by atoms with Crippen molar-refractivity contribution in [3.8, 4) is 0 Å². The van der Waals surface area contributed by atoms with Gasteiger partial charge in [0.2, 0.25) is 5.91 Å². The number of nitrogens with zero attached hydrogens (tertiary/aromatic N) is 8. The molecule has 6 rings (SSSR count). The van der Waals surface area contributed by atoms with Crippen molar-refractivity contribution in [2.45, 2.75) is 25.9 Å². The third kappa shape index (κ3) is 8.87. The van der Waals surface area contributed by atoms with E-state index in [9.17, 15) is 37.5 Å². The molecule has 0 aliphatic heterocycles. The molecular formula is C34H38F2N10O7. The average Bonchev–Trinajstić information content (AvgIpc) is 3.75. The smallest absolute Gasteiger partial charge is 0.332 e. The third-order valence-electron chi connectivity index (χ3n) is 8.10. The Bertz CT molecular complexity index is 2530. The normalized spacial score (nSPS) is 10.8. The van der Waals surface area contributed by atoms with Crippen molar-refractivity contribution in [2.24, 2.45) is 33.9 Å². The van der Waals surface area contributed by atoms with Crippen LogP contribution in [-0.2, 0) is 63.7 Å². The van der Waals surface area contributed by atoms with Crippen LogP contribution < -0.4 is 33.5 Å². The summed E-state index contributed by atoms with van der Waals surface area (Å²) in [6, 6.07) is 13.1. The van der Waals surface area contributed by atoms with E-state index in [-0.39, 0.29) is 59.5 Å². The number of halogens is 2. The molecule has 0 aliphatic carbocycles. The molecule has 0 fully saturated rings. The fourth-order valence-corrected chi connectivity index (χ4v) is 5.28. The monoisotopic (exact) mass is 736 g/mol. The summed E-state index contributed by atoms with van der Waals surface area (Å²) in [5, 5.41) is 11.4. The SMILES string of the molecule is Cn1c(=O)c2c(ncn2CC(=O)NCCc2ccccc2F)n(C)c1=O.Cn1c(=O)c2c(ncn2CC(=O)O)n(C)c1=O.NCCc1ccccc1F. The molecular weight excluding hydrogens is 698 g/mol. The van der Waals surface area contributed by atoms with E-state index < -0.39 is 28.5 Å². The predicted molar refractivity (Wildman–Crippen MR) is 190 cm³/mol. The molecule has 4 aromatic heterocycles. The lowest BCUT2D eigenvalue weighted by Gasteiger charge is -2.08. The van der Waals surface area contributed by atoms with E-state index in [4.69, 9.17) is 10.8 Å². The maximum absolute atomic E-state index is 13.6. The van der Waals surface area contributed by atoms with E-state index in [0.717, 1.165) is 9.13 Å². The highest BCUT2D eigenvalue weighted by atomic mass is 19.1. The van der Waals surface area contributed by atoms with Gasteiger partial charge in [0.15, 0.2) is 22.3 Å². The fourth-order valence-electron chi connectivity index (χ4n) is 5.28. The van der Waals surface area contributed by atoms with Crippen LogP contribution in [-0.4, -0.2) is 67.4 Å². The lowest BCUT2D eigenvalue weighted by atomic mass is 10.1. The van der Waals surface area contributed by atoms with E-state index in [0.29, 0.717) is 30.5 Å². The standard InChI is InChI=1S/C17H18FN5O3.C9H10N4O4.C8H10FN/c1-21-15-14(16(25)22(2)17(21)26)23(10-20-15)9-13(24)19-8-7-11-5-3-4-6-12(11)18;1-11-7-6(8(16)12(2)9(11)17)13(4-10-7)3-5(14)15;9-8-4-2-1-3-7(8)5-6-10/h3-6,10H,7-9H2,1-2H3,(H,19,24);4H,3H2,1-2H3,(H,14,15);1-4H,5-6,10H2. The zero-order valence-electron chi connectivity index (χ0n) is 29.3. The van der Waals surface area contributed by atoms with E-state index in [1.165, 1.54) is 71.2 Å². The second-order valence-corrected chi connectivity index (χ2v) is 11.7. The molecule has 0 saturated carbocycles. The number of rotatable bonds is 9. The summed E-state index contributed by atoms with van der Waals surface area (Å²) in [5.41, 5.74) is 5.12. The number of nitrogens with one attached hydrogen (secondary N) is 1. The van der Waals surface area contributed by atoms with Crippen molar-refractivity contribution >= 4 is 34.2 Å². The summed E-state index contributed by atoms with van der Waals surface area (Å²) in [6.45, 7) is 0.273. The van der Waals surface area contributed by atoms with Gasteiger partial charge in [-0.1, -0.05) is 36.4 Å². The highest BCUT2D eigenvalue weighted by molar-refractivity contribution is 5.79. The predicted octanol–water partition coefficient (Wildman–Crippen LogP) is -0.223.